The minimum absolute atomic E-state index is 0.00906. The van der Waals surface area contributed by atoms with Crippen molar-refractivity contribution in [3.8, 4) is 11.5 Å². The fraction of sp³-hybridized carbons (Fsp3) is 0.185. The number of aryl methyl sites for hydroxylation is 1. The third kappa shape index (κ3) is 4.82. The number of fused-ring (bicyclic) bond motifs is 1. The average Bonchev–Trinajstić information content (AvgIpc) is 3.05. The maximum atomic E-state index is 12.9. The van der Waals surface area contributed by atoms with Crippen molar-refractivity contribution in [2.24, 2.45) is 0 Å². The SMILES string of the molecule is Cc1cc(OC(=O)c2ccc(C(C)(C)C)cc2)cc2c1C(=O)/C(=C/c1ccc(Cl)cc1Cl)O2. The number of carbonyl (C=O) groups is 2. The molecule has 0 radical (unpaired) electrons. The van der Waals surface area contributed by atoms with Gasteiger partial charge in [0.2, 0.25) is 5.78 Å². The second-order valence-corrected chi connectivity index (χ2v) is 9.78. The van der Waals surface area contributed by atoms with Crippen LogP contribution in [0.1, 0.15) is 58.2 Å². The molecule has 6 heteroatoms. The van der Waals surface area contributed by atoms with E-state index >= 15 is 0 Å². The Labute approximate surface area is 202 Å². The first-order valence-electron chi connectivity index (χ1n) is 10.4. The van der Waals surface area contributed by atoms with Crippen LogP contribution in [-0.4, -0.2) is 11.8 Å². The Morgan fingerprint density at radius 3 is 2.33 bits per heavy atom. The molecule has 0 spiro atoms. The summed E-state index contributed by atoms with van der Waals surface area (Å²) in [6.45, 7) is 8.10. The number of rotatable bonds is 3. The lowest BCUT2D eigenvalue weighted by atomic mass is 9.87. The first-order valence-corrected chi connectivity index (χ1v) is 11.2. The van der Waals surface area contributed by atoms with Gasteiger partial charge in [0.25, 0.3) is 0 Å². The molecule has 0 amide bonds. The lowest BCUT2D eigenvalue weighted by molar-refractivity contribution is 0.0734. The molecule has 0 unspecified atom stereocenters. The highest BCUT2D eigenvalue weighted by molar-refractivity contribution is 6.35. The summed E-state index contributed by atoms with van der Waals surface area (Å²) >= 11 is 12.2. The standard InChI is InChI=1S/C27H22Cl2O4/c1-15-11-20(32-26(31)16-5-8-18(9-6-16)27(2,3)4)14-22-24(15)25(30)23(33-22)12-17-7-10-19(28)13-21(17)29/h5-14H,1-4H3/b23-12-. The topological polar surface area (TPSA) is 52.6 Å². The van der Waals surface area contributed by atoms with Gasteiger partial charge in [-0.05, 0) is 65.4 Å². The van der Waals surface area contributed by atoms with Gasteiger partial charge >= 0.3 is 5.97 Å². The number of esters is 1. The van der Waals surface area contributed by atoms with Gasteiger partial charge in [0.05, 0.1) is 11.1 Å². The highest BCUT2D eigenvalue weighted by atomic mass is 35.5. The zero-order valence-corrected chi connectivity index (χ0v) is 20.2. The lowest BCUT2D eigenvalue weighted by Crippen LogP contribution is -2.13. The second-order valence-electron chi connectivity index (χ2n) is 8.94. The maximum absolute atomic E-state index is 12.9. The number of halogens is 2. The van der Waals surface area contributed by atoms with Crippen molar-refractivity contribution in [2.75, 3.05) is 0 Å². The molecule has 0 N–H and O–H groups in total. The van der Waals surface area contributed by atoms with Gasteiger partial charge in [-0.15, -0.1) is 0 Å². The van der Waals surface area contributed by atoms with Crippen LogP contribution in [0.2, 0.25) is 10.0 Å². The molecule has 3 aromatic carbocycles. The van der Waals surface area contributed by atoms with Crippen LogP contribution in [0.15, 0.2) is 60.4 Å². The normalized spacial score (nSPS) is 14.2. The molecule has 1 aliphatic heterocycles. The number of ether oxygens (including phenoxy) is 2. The Bertz CT molecular complexity index is 1300. The minimum Gasteiger partial charge on any atom is -0.452 e. The van der Waals surface area contributed by atoms with Gasteiger partial charge in [0.15, 0.2) is 5.76 Å². The zero-order chi connectivity index (χ0) is 23.9. The smallest absolute Gasteiger partial charge is 0.343 e. The van der Waals surface area contributed by atoms with Gasteiger partial charge in [-0.3, -0.25) is 4.79 Å². The molecule has 0 atom stereocenters. The number of benzene rings is 3. The van der Waals surface area contributed by atoms with Crippen LogP contribution in [0.4, 0.5) is 0 Å². The van der Waals surface area contributed by atoms with Gasteiger partial charge in [-0.1, -0.05) is 62.2 Å². The van der Waals surface area contributed by atoms with E-state index in [0.717, 1.165) is 5.56 Å². The molecule has 1 aliphatic rings. The minimum atomic E-state index is -0.483. The third-order valence-electron chi connectivity index (χ3n) is 5.39. The van der Waals surface area contributed by atoms with Crippen LogP contribution in [0.3, 0.4) is 0 Å². The quantitative estimate of drug-likeness (QED) is 0.222. The van der Waals surface area contributed by atoms with Gasteiger partial charge in [-0.25, -0.2) is 4.79 Å². The number of hydrogen-bond acceptors (Lipinski definition) is 4. The second kappa shape index (κ2) is 8.69. The summed E-state index contributed by atoms with van der Waals surface area (Å²) in [6, 6.07) is 15.5. The molecule has 1 heterocycles. The fourth-order valence-corrected chi connectivity index (χ4v) is 4.03. The van der Waals surface area contributed by atoms with Gasteiger partial charge < -0.3 is 9.47 Å². The van der Waals surface area contributed by atoms with E-state index in [0.29, 0.717) is 43.8 Å². The van der Waals surface area contributed by atoms with Crippen molar-refractivity contribution in [1.82, 2.24) is 0 Å². The number of carbonyl (C=O) groups excluding carboxylic acids is 2. The molecule has 3 aromatic rings. The highest BCUT2D eigenvalue weighted by Gasteiger charge is 2.30. The van der Waals surface area contributed by atoms with E-state index in [-0.39, 0.29) is 17.0 Å². The van der Waals surface area contributed by atoms with Gasteiger partial charge in [0, 0.05) is 16.1 Å². The van der Waals surface area contributed by atoms with Crippen molar-refractivity contribution in [1.29, 1.82) is 0 Å². The van der Waals surface area contributed by atoms with Crippen LogP contribution in [-0.2, 0) is 5.41 Å². The molecule has 0 aliphatic carbocycles. The van der Waals surface area contributed by atoms with Crippen molar-refractivity contribution in [3.63, 3.8) is 0 Å². The van der Waals surface area contributed by atoms with Gasteiger partial charge in [-0.2, -0.15) is 0 Å². The number of hydrogen-bond donors (Lipinski definition) is 0. The molecular formula is C27H22Cl2O4. The Morgan fingerprint density at radius 1 is 1.00 bits per heavy atom. The molecule has 168 valence electrons. The summed E-state index contributed by atoms with van der Waals surface area (Å²) < 4.78 is 11.4. The number of allylic oxidation sites excluding steroid dienone is 1. The van der Waals surface area contributed by atoms with E-state index in [1.165, 1.54) is 0 Å². The van der Waals surface area contributed by atoms with Crippen LogP contribution in [0.5, 0.6) is 11.5 Å². The van der Waals surface area contributed by atoms with E-state index in [4.69, 9.17) is 32.7 Å². The molecule has 0 fully saturated rings. The summed E-state index contributed by atoms with van der Waals surface area (Å²) in [7, 11) is 0. The van der Waals surface area contributed by atoms with E-state index < -0.39 is 5.97 Å². The van der Waals surface area contributed by atoms with Crippen LogP contribution >= 0.6 is 23.2 Å². The van der Waals surface area contributed by atoms with E-state index in [1.807, 2.05) is 12.1 Å². The zero-order valence-electron chi connectivity index (χ0n) is 18.7. The predicted octanol–water partition coefficient (Wildman–Crippen LogP) is 7.43. The van der Waals surface area contributed by atoms with E-state index in [2.05, 4.69) is 20.8 Å². The fourth-order valence-electron chi connectivity index (χ4n) is 3.57. The average molecular weight is 481 g/mol. The number of Topliss-reactive ketones (excluding diaryl/α,β-unsaturated/α-hetero) is 1. The lowest BCUT2D eigenvalue weighted by Gasteiger charge is -2.18. The van der Waals surface area contributed by atoms with Crippen molar-refractivity contribution < 1.29 is 19.1 Å². The summed E-state index contributed by atoms with van der Waals surface area (Å²) in [5.74, 6) is 0.0301. The number of ketones is 1. The Hall–Kier alpha value is -3.08. The van der Waals surface area contributed by atoms with E-state index in [1.54, 1.807) is 55.5 Å². The summed E-state index contributed by atoms with van der Waals surface area (Å²) in [4.78, 5) is 25.6. The summed E-state index contributed by atoms with van der Waals surface area (Å²) in [5, 5.41) is 0.908. The molecular weight excluding hydrogens is 459 g/mol. The maximum Gasteiger partial charge on any atom is 0.343 e. The van der Waals surface area contributed by atoms with Crippen molar-refractivity contribution in [3.05, 3.63) is 98.2 Å². The molecule has 4 rings (SSSR count). The largest absolute Gasteiger partial charge is 0.452 e. The first kappa shape index (κ1) is 23.1. The molecule has 0 saturated carbocycles. The van der Waals surface area contributed by atoms with Crippen LogP contribution in [0, 0.1) is 6.92 Å². The Balaban J connectivity index is 1.57. The van der Waals surface area contributed by atoms with Crippen molar-refractivity contribution >= 4 is 41.0 Å². The van der Waals surface area contributed by atoms with Crippen LogP contribution < -0.4 is 9.47 Å². The van der Waals surface area contributed by atoms with Crippen molar-refractivity contribution in [2.45, 2.75) is 33.1 Å². The molecule has 0 saturated heterocycles. The Morgan fingerprint density at radius 2 is 1.70 bits per heavy atom. The monoisotopic (exact) mass is 480 g/mol. The summed E-state index contributed by atoms with van der Waals surface area (Å²) in [5.41, 5.74) is 3.25. The third-order valence-corrected chi connectivity index (χ3v) is 5.95. The molecule has 0 bridgehead atoms. The Kier molecular flexibility index (Phi) is 6.08. The van der Waals surface area contributed by atoms with E-state index in [9.17, 15) is 9.59 Å². The molecule has 0 aromatic heterocycles. The highest BCUT2D eigenvalue weighted by Crippen LogP contribution is 2.38. The van der Waals surface area contributed by atoms with Crippen LogP contribution in [0.25, 0.3) is 6.08 Å². The first-order chi connectivity index (χ1) is 15.5. The molecule has 4 nitrogen and oxygen atoms in total. The predicted molar refractivity (Wildman–Crippen MR) is 131 cm³/mol. The van der Waals surface area contributed by atoms with Gasteiger partial charge in [0.1, 0.15) is 11.5 Å². The molecule has 33 heavy (non-hydrogen) atoms. The summed E-state index contributed by atoms with van der Waals surface area (Å²) in [6.07, 6.45) is 1.57.